The smallest absolute Gasteiger partial charge is 0.333 e. The molecular formula is C22H28N2O4S2. The van der Waals surface area contributed by atoms with Gasteiger partial charge in [0.2, 0.25) is 0 Å². The third-order valence-electron chi connectivity index (χ3n) is 6.05. The van der Waals surface area contributed by atoms with Crippen LogP contribution in [0.4, 0.5) is 10.5 Å². The fourth-order valence-corrected chi connectivity index (χ4v) is 6.38. The van der Waals surface area contributed by atoms with E-state index in [1.54, 1.807) is 19.9 Å². The molecule has 1 heterocycles. The molecule has 2 aliphatic carbocycles. The van der Waals surface area contributed by atoms with Gasteiger partial charge in [0.15, 0.2) is 0 Å². The van der Waals surface area contributed by atoms with Gasteiger partial charge < -0.3 is 10.4 Å². The number of carbonyl (C=O) groups is 1. The Bertz CT molecular complexity index is 1080. The second-order valence-electron chi connectivity index (χ2n) is 8.88. The maximum absolute atomic E-state index is 12.7. The number of aryl methyl sites for hydroxylation is 1. The third-order valence-corrected chi connectivity index (χ3v) is 9.27. The van der Waals surface area contributed by atoms with Gasteiger partial charge in [-0.3, -0.25) is 0 Å². The van der Waals surface area contributed by atoms with Crippen molar-refractivity contribution in [3.63, 3.8) is 0 Å². The topological polar surface area (TPSA) is 95.5 Å². The van der Waals surface area contributed by atoms with E-state index < -0.39 is 21.7 Å². The van der Waals surface area contributed by atoms with Gasteiger partial charge in [-0.1, -0.05) is 19.1 Å². The Morgan fingerprint density at radius 1 is 1.20 bits per heavy atom. The van der Waals surface area contributed by atoms with Crippen LogP contribution in [0.3, 0.4) is 0 Å². The molecule has 4 rings (SSSR count). The lowest BCUT2D eigenvalue weighted by molar-refractivity contribution is 0.0825. The van der Waals surface area contributed by atoms with Gasteiger partial charge in [0.05, 0.1) is 5.60 Å². The molecule has 0 aliphatic heterocycles. The lowest BCUT2D eigenvalue weighted by Crippen LogP contribution is -2.34. The number of hydrogen-bond acceptors (Lipinski definition) is 5. The zero-order valence-corrected chi connectivity index (χ0v) is 19.1. The quantitative estimate of drug-likeness (QED) is 0.607. The molecule has 1 aromatic carbocycles. The van der Waals surface area contributed by atoms with Crippen LogP contribution >= 0.6 is 11.3 Å². The largest absolute Gasteiger partial charge is 0.385 e. The molecule has 30 heavy (non-hydrogen) atoms. The fraction of sp³-hybridized carbons (Fsp3) is 0.500. The van der Waals surface area contributed by atoms with Crippen molar-refractivity contribution in [2.75, 3.05) is 5.32 Å². The van der Waals surface area contributed by atoms with Crippen LogP contribution in [0, 0.1) is 5.92 Å². The number of aliphatic hydroxyl groups is 1. The van der Waals surface area contributed by atoms with Gasteiger partial charge in [0.25, 0.3) is 10.0 Å². The minimum atomic E-state index is -4.02. The van der Waals surface area contributed by atoms with Crippen molar-refractivity contribution in [2.45, 2.75) is 68.6 Å². The molecule has 1 atom stereocenters. The van der Waals surface area contributed by atoms with Crippen molar-refractivity contribution in [2.24, 2.45) is 5.92 Å². The molecule has 1 aromatic heterocycles. The van der Waals surface area contributed by atoms with Crippen molar-refractivity contribution in [3.8, 4) is 0 Å². The van der Waals surface area contributed by atoms with E-state index in [9.17, 15) is 18.3 Å². The number of fused-ring (bicyclic) bond motifs is 1. The van der Waals surface area contributed by atoms with Crippen LogP contribution in [-0.2, 0) is 28.5 Å². The van der Waals surface area contributed by atoms with Crippen LogP contribution in [0.25, 0.3) is 0 Å². The average Bonchev–Trinajstić information content (AvgIpc) is 3.16. The Kier molecular flexibility index (Phi) is 5.45. The number of carbonyl (C=O) groups excluding carboxylic acids is 1. The minimum absolute atomic E-state index is 0.000336. The van der Waals surface area contributed by atoms with E-state index in [0.29, 0.717) is 16.7 Å². The van der Waals surface area contributed by atoms with Gasteiger partial charge in [-0.15, -0.1) is 11.3 Å². The summed E-state index contributed by atoms with van der Waals surface area (Å²) in [6, 6.07) is 6.47. The lowest BCUT2D eigenvalue weighted by atomic mass is 9.91. The minimum Gasteiger partial charge on any atom is -0.385 e. The van der Waals surface area contributed by atoms with Gasteiger partial charge in [-0.25, -0.2) is 17.9 Å². The fourth-order valence-electron chi connectivity index (χ4n) is 4.17. The first-order valence-electron chi connectivity index (χ1n) is 10.4. The van der Waals surface area contributed by atoms with E-state index in [4.69, 9.17) is 0 Å². The number of nitrogens with one attached hydrogen (secondary N) is 2. The van der Waals surface area contributed by atoms with Crippen molar-refractivity contribution in [1.29, 1.82) is 0 Å². The van der Waals surface area contributed by atoms with Crippen LogP contribution in [0.15, 0.2) is 28.5 Å². The van der Waals surface area contributed by atoms with Crippen molar-refractivity contribution in [3.05, 3.63) is 45.8 Å². The third kappa shape index (κ3) is 4.26. The zero-order chi connectivity index (χ0) is 21.7. The summed E-state index contributed by atoms with van der Waals surface area (Å²) in [5, 5.41) is 12.9. The molecule has 0 bridgehead atoms. The van der Waals surface area contributed by atoms with Gasteiger partial charge in [0.1, 0.15) is 4.21 Å². The lowest BCUT2D eigenvalue weighted by Gasteiger charge is -2.20. The highest BCUT2D eigenvalue weighted by Crippen LogP contribution is 2.46. The maximum atomic E-state index is 12.7. The molecule has 0 radical (unpaired) electrons. The molecule has 6 nitrogen and oxygen atoms in total. The molecule has 0 unspecified atom stereocenters. The van der Waals surface area contributed by atoms with Crippen LogP contribution in [0.1, 0.15) is 67.5 Å². The number of benzene rings is 1. The second kappa shape index (κ2) is 7.66. The van der Waals surface area contributed by atoms with Crippen molar-refractivity contribution in [1.82, 2.24) is 4.72 Å². The number of anilines is 1. The number of urea groups is 1. The first kappa shape index (κ1) is 21.3. The van der Waals surface area contributed by atoms with E-state index >= 15 is 0 Å². The van der Waals surface area contributed by atoms with Gasteiger partial charge in [-0.05, 0) is 86.6 Å². The van der Waals surface area contributed by atoms with E-state index in [2.05, 4.69) is 29.1 Å². The summed E-state index contributed by atoms with van der Waals surface area (Å²) >= 11 is 0.955. The Balaban J connectivity index is 1.57. The summed E-state index contributed by atoms with van der Waals surface area (Å²) in [7, 11) is -4.02. The summed E-state index contributed by atoms with van der Waals surface area (Å²) in [6.45, 7) is 5.36. The molecule has 2 aliphatic rings. The van der Waals surface area contributed by atoms with E-state index in [1.807, 2.05) is 0 Å². The van der Waals surface area contributed by atoms with E-state index in [0.717, 1.165) is 47.4 Å². The number of hydrogen-bond donors (Lipinski definition) is 3. The zero-order valence-electron chi connectivity index (χ0n) is 17.5. The molecule has 0 spiro atoms. The van der Waals surface area contributed by atoms with Crippen LogP contribution in [0.2, 0.25) is 0 Å². The predicted molar refractivity (Wildman–Crippen MR) is 119 cm³/mol. The summed E-state index contributed by atoms with van der Waals surface area (Å²) in [4.78, 5) is 13.2. The summed E-state index contributed by atoms with van der Waals surface area (Å²) < 4.78 is 27.5. The molecular weight excluding hydrogens is 420 g/mol. The highest BCUT2D eigenvalue weighted by atomic mass is 32.2. The van der Waals surface area contributed by atoms with Crippen LogP contribution in [-0.4, -0.2) is 19.6 Å². The summed E-state index contributed by atoms with van der Waals surface area (Å²) in [5.74, 6) is 0.956. The van der Waals surface area contributed by atoms with Gasteiger partial charge >= 0.3 is 6.03 Å². The second-order valence-corrected chi connectivity index (χ2v) is 11.9. The Morgan fingerprint density at radius 3 is 2.57 bits per heavy atom. The average molecular weight is 449 g/mol. The molecule has 2 aromatic rings. The molecule has 8 heteroatoms. The summed E-state index contributed by atoms with van der Waals surface area (Å²) in [5.41, 5.74) is 3.09. The normalized spacial score (nSPS) is 17.5. The number of sulfonamides is 1. The Hall–Kier alpha value is -1.90. The van der Waals surface area contributed by atoms with E-state index in [1.165, 1.54) is 24.5 Å². The van der Waals surface area contributed by atoms with Crippen molar-refractivity contribution < 1.29 is 18.3 Å². The first-order chi connectivity index (χ1) is 14.1. The standard InChI is InChI=1S/C22H28N2O4S2/c1-13(14-7-8-14)16-10-9-15-5-4-6-17(15)20(16)23-21(25)24-30(27,28)19-12-11-18(29-19)22(2,3)26/h9-14,26H,4-8H2,1-3H3,(H2,23,24,25)/t13-/m0/s1. The number of amides is 2. The molecule has 2 amide bonds. The number of thiophene rings is 1. The predicted octanol–water partition coefficient (Wildman–Crippen LogP) is 4.49. The van der Waals surface area contributed by atoms with Gasteiger partial charge in [-0.2, -0.15) is 0 Å². The molecule has 162 valence electrons. The highest BCUT2D eigenvalue weighted by Gasteiger charge is 2.32. The maximum Gasteiger partial charge on any atom is 0.333 e. The van der Waals surface area contributed by atoms with Crippen molar-refractivity contribution >= 4 is 33.1 Å². The number of rotatable bonds is 6. The first-order valence-corrected chi connectivity index (χ1v) is 12.7. The molecule has 3 N–H and O–H groups in total. The highest BCUT2D eigenvalue weighted by molar-refractivity contribution is 7.92. The van der Waals surface area contributed by atoms with Gasteiger partial charge in [0, 0.05) is 10.6 Å². The monoisotopic (exact) mass is 448 g/mol. The molecule has 1 fully saturated rings. The Morgan fingerprint density at radius 2 is 1.93 bits per heavy atom. The van der Waals surface area contributed by atoms with E-state index in [-0.39, 0.29) is 4.21 Å². The molecule has 1 saturated carbocycles. The molecule has 0 saturated heterocycles. The SMILES string of the molecule is C[C@H](c1ccc2c(c1NC(=O)NS(=O)(=O)c1ccc(C(C)(C)O)s1)CCC2)C1CC1. The van der Waals surface area contributed by atoms with Crippen LogP contribution in [0.5, 0.6) is 0 Å². The summed E-state index contributed by atoms with van der Waals surface area (Å²) in [6.07, 6.45) is 5.31. The van der Waals surface area contributed by atoms with Crippen LogP contribution < -0.4 is 10.0 Å². The Labute approximate surface area is 181 Å².